The van der Waals surface area contributed by atoms with Gasteiger partial charge in [-0.3, -0.25) is 9.48 Å². The first-order chi connectivity index (χ1) is 7.26. The second kappa shape index (κ2) is 4.49. The van der Waals surface area contributed by atoms with E-state index in [0.717, 1.165) is 13.1 Å². The molecule has 0 N–H and O–H groups in total. The van der Waals surface area contributed by atoms with Gasteiger partial charge in [-0.2, -0.15) is 0 Å². The summed E-state index contributed by atoms with van der Waals surface area (Å²) in [5.74, 6) is 1.46. The maximum absolute atomic E-state index is 5.44. The van der Waals surface area contributed by atoms with Gasteiger partial charge in [-0.25, -0.2) is 0 Å². The van der Waals surface area contributed by atoms with Crippen molar-refractivity contribution in [2.24, 2.45) is 0 Å². The number of nitrogens with zero attached hydrogens (tertiary/aromatic N) is 2. The third kappa shape index (κ3) is 2.01. The molecule has 4 nitrogen and oxygen atoms in total. The largest absolute Gasteiger partial charge is 0.374 e. The van der Waals surface area contributed by atoms with Gasteiger partial charge >= 0.3 is 0 Å². The van der Waals surface area contributed by atoms with Crippen LogP contribution in [0.25, 0.3) is 0 Å². The van der Waals surface area contributed by atoms with Crippen molar-refractivity contribution in [3.63, 3.8) is 0 Å². The molecule has 2 atom stereocenters. The second-order valence-corrected chi connectivity index (χ2v) is 4.39. The van der Waals surface area contributed by atoms with Crippen molar-refractivity contribution in [3.8, 4) is 0 Å². The smallest absolute Gasteiger partial charge is 0.246 e. The molecule has 0 aromatic carbocycles. The minimum atomic E-state index is 0.219. The summed E-state index contributed by atoms with van der Waals surface area (Å²) in [7, 11) is 5.71. The molecular formula is C11H21N2O2+. The molecule has 2 aliphatic heterocycles. The summed E-state index contributed by atoms with van der Waals surface area (Å²) in [5.41, 5.74) is 0. The van der Waals surface area contributed by atoms with Gasteiger partial charge in [-0.1, -0.05) is 0 Å². The van der Waals surface area contributed by atoms with E-state index in [-0.39, 0.29) is 12.2 Å². The zero-order chi connectivity index (χ0) is 10.8. The minimum Gasteiger partial charge on any atom is -0.374 e. The molecule has 0 spiro atoms. The van der Waals surface area contributed by atoms with E-state index < -0.39 is 0 Å². The Morgan fingerprint density at radius 2 is 1.80 bits per heavy atom. The van der Waals surface area contributed by atoms with Gasteiger partial charge in [0.2, 0.25) is 5.84 Å². The Morgan fingerprint density at radius 1 is 1.20 bits per heavy atom. The van der Waals surface area contributed by atoms with Crippen LogP contribution < -0.4 is 0 Å². The summed E-state index contributed by atoms with van der Waals surface area (Å²) in [6, 6.07) is 0. The number of ether oxygens (including phenoxy) is 2. The predicted octanol–water partition coefficient (Wildman–Crippen LogP) is 0.167. The van der Waals surface area contributed by atoms with Crippen LogP contribution in [0.5, 0.6) is 0 Å². The van der Waals surface area contributed by atoms with Crippen LogP contribution in [-0.2, 0) is 9.47 Å². The first-order valence-corrected chi connectivity index (χ1v) is 5.63. The molecule has 2 rings (SSSR count). The number of amidine groups is 1. The SMILES string of the molecule is COC1C[N+](=C2CCCN2C)CC1OC. The lowest BCUT2D eigenvalue weighted by Gasteiger charge is -2.11. The Labute approximate surface area is 91.5 Å². The Hall–Kier alpha value is -0.610. The van der Waals surface area contributed by atoms with Gasteiger partial charge in [-0.15, -0.1) is 0 Å². The van der Waals surface area contributed by atoms with Crippen LogP contribution in [0.3, 0.4) is 0 Å². The molecular weight excluding hydrogens is 192 g/mol. The van der Waals surface area contributed by atoms with Crippen LogP contribution in [0.1, 0.15) is 12.8 Å². The molecule has 86 valence electrons. The van der Waals surface area contributed by atoms with E-state index in [1.54, 1.807) is 14.2 Å². The lowest BCUT2D eigenvalue weighted by Crippen LogP contribution is -2.30. The van der Waals surface area contributed by atoms with Crippen molar-refractivity contribution in [3.05, 3.63) is 0 Å². The summed E-state index contributed by atoms with van der Waals surface area (Å²) in [6.45, 7) is 3.12. The molecule has 2 fully saturated rings. The van der Waals surface area contributed by atoms with E-state index in [1.807, 2.05) is 0 Å². The van der Waals surface area contributed by atoms with Gasteiger partial charge in [0, 0.05) is 14.2 Å². The summed E-state index contributed by atoms with van der Waals surface area (Å²) >= 11 is 0. The number of hydrogen-bond acceptors (Lipinski definition) is 2. The molecule has 4 heteroatoms. The zero-order valence-electron chi connectivity index (χ0n) is 9.90. The Balaban J connectivity index is 2.12. The molecule has 15 heavy (non-hydrogen) atoms. The first kappa shape index (κ1) is 10.9. The number of likely N-dealkylation sites (tertiary alicyclic amines) is 1. The third-order valence-corrected chi connectivity index (χ3v) is 3.52. The topological polar surface area (TPSA) is 24.7 Å². The van der Waals surface area contributed by atoms with Gasteiger partial charge < -0.3 is 9.47 Å². The van der Waals surface area contributed by atoms with Gasteiger partial charge in [0.15, 0.2) is 0 Å². The molecule has 0 aromatic rings. The number of methoxy groups -OCH3 is 2. The Bertz CT molecular complexity index is 251. The van der Waals surface area contributed by atoms with E-state index in [2.05, 4.69) is 16.5 Å². The highest BCUT2D eigenvalue weighted by Gasteiger charge is 2.37. The maximum Gasteiger partial charge on any atom is 0.246 e. The van der Waals surface area contributed by atoms with Gasteiger partial charge in [0.1, 0.15) is 25.3 Å². The van der Waals surface area contributed by atoms with E-state index in [9.17, 15) is 0 Å². The molecule has 2 saturated heterocycles. The molecule has 0 aromatic heterocycles. The molecule has 0 bridgehead atoms. The van der Waals surface area contributed by atoms with E-state index >= 15 is 0 Å². The van der Waals surface area contributed by atoms with Crippen molar-refractivity contribution in [2.75, 3.05) is 40.9 Å². The number of hydrogen-bond donors (Lipinski definition) is 0. The standard InChI is InChI=1S/C11H21N2O2/c1-12-6-4-5-11(12)13-7-9(14-2)10(8-13)15-3/h9-10H,4-8H2,1-3H3/q+1. The van der Waals surface area contributed by atoms with Crippen LogP contribution in [-0.4, -0.2) is 68.4 Å². The molecule has 0 radical (unpaired) electrons. The highest BCUT2D eigenvalue weighted by atomic mass is 16.5. The van der Waals surface area contributed by atoms with Gasteiger partial charge in [-0.05, 0) is 6.42 Å². The van der Waals surface area contributed by atoms with Crippen molar-refractivity contribution in [2.45, 2.75) is 25.0 Å². The molecule has 0 amide bonds. The molecule has 0 saturated carbocycles. The van der Waals surface area contributed by atoms with Crippen molar-refractivity contribution in [1.29, 1.82) is 0 Å². The van der Waals surface area contributed by atoms with E-state index in [0.29, 0.717) is 0 Å². The van der Waals surface area contributed by atoms with Crippen LogP contribution in [0, 0.1) is 0 Å². The monoisotopic (exact) mass is 213 g/mol. The van der Waals surface area contributed by atoms with Gasteiger partial charge in [0.25, 0.3) is 0 Å². The lowest BCUT2D eigenvalue weighted by atomic mass is 10.3. The fourth-order valence-electron chi connectivity index (χ4n) is 2.60. The average Bonchev–Trinajstić information content (AvgIpc) is 2.82. The Kier molecular flexibility index (Phi) is 3.26. The minimum absolute atomic E-state index is 0.219. The van der Waals surface area contributed by atoms with Crippen LogP contribution in [0.2, 0.25) is 0 Å². The van der Waals surface area contributed by atoms with Crippen molar-refractivity contribution < 1.29 is 14.0 Å². The lowest BCUT2D eigenvalue weighted by molar-refractivity contribution is -0.518. The van der Waals surface area contributed by atoms with Crippen LogP contribution >= 0.6 is 0 Å². The van der Waals surface area contributed by atoms with Crippen LogP contribution in [0.4, 0.5) is 0 Å². The highest BCUT2D eigenvalue weighted by molar-refractivity contribution is 5.79. The quantitative estimate of drug-likeness (QED) is 0.611. The molecule has 0 aliphatic carbocycles. The molecule has 2 aliphatic rings. The van der Waals surface area contributed by atoms with Crippen molar-refractivity contribution in [1.82, 2.24) is 4.90 Å². The third-order valence-electron chi connectivity index (χ3n) is 3.52. The summed E-state index contributed by atoms with van der Waals surface area (Å²) < 4.78 is 13.3. The normalized spacial score (nSPS) is 31.8. The summed E-state index contributed by atoms with van der Waals surface area (Å²) in [4.78, 5) is 2.35. The van der Waals surface area contributed by atoms with E-state index in [4.69, 9.17) is 9.47 Å². The average molecular weight is 213 g/mol. The fraction of sp³-hybridized carbons (Fsp3) is 0.909. The second-order valence-electron chi connectivity index (χ2n) is 4.39. The first-order valence-electron chi connectivity index (χ1n) is 5.63. The summed E-state index contributed by atoms with van der Waals surface area (Å²) in [6.07, 6.45) is 2.91. The molecule has 2 heterocycles. The number of rotatable bonds is 2. The predicted molar refractivity (Wildman–Crippen MR) is 58.5 cm³/mol. The van der Waals surface area contributed by atoms with Crippen molar-refractivity contribution >= 4 is 5.84 Å². The molecule has 2 unspecified atom stereocenters. The maximum atomic E-state index is 5.44. The van der Waals surface area contributed by atoms with Crippen LogP contribution in [0.15, 0.2) is 0 Å². The zero-order valence-corrected chi connectivity index (χ0v) is 9.90. The van der Waals surface area contributed by atoms with E-state index in [1.165, 1.54) is 25.2 Å². The summed E-state index contributed by atoms with van der Waals surface area (Å²) in [5, 5.41) is 0. The highest BCUT2D eigenvalue weighted by Crippen LogP contribution is 2.16. The van der Waals surface area contributed by atoms with Gasteiger partial charge in [0.05, 0.1) is 20.0 Å². The fourth-order valence-corrected chi connectivity index (χ4v) is 2.60. The Morgan fingerprint density at radius 3 is 2.20 bits per heavy atom.